The van der Waals surface area contributed by atoms with Crippen molar-refractivity contribution < 1.29 is 4.74 Å². The average molecular weight is 291 g/mol. The molecule has 0 radical (unpaired) electrons. The fraction of sp³-hybridized carbons (Fsp3) is 0.545. The number of nitrogens with zero attached hydrogens (tertiary/aromatic N) is 6. The van der Waals surface area contributed by atoms with Gasteiger partial charge in [-0.1, -0.05) is 0 Å². The molecule has 0 aromatic carbocycles. The van der Waals surface area contributed by atoms with E-state index in [1.807, 2.05) is 0 Å². The molecule has 0 amide bonds. The quantitative estimate of drug-likeness (QED) is 0.479. The first-order valence-electron chi connectivity index (χ1n) is 6.74. The lowest BCUT2D eigenvalue weighted by Crippen LogP contribution is -2.17. The predicted molar refractivity (Wildman–Crippen MR) is 74.6 cm³/mol. The van der Waals surface area contributed by atoms with Crippen LogP contribution >= 0.6 is 0 Å². The molecule has 1 fully saturated rings. The second kappa shape index (κ2) is 6.41. The Labute approximate surface area is 121 Å². The molecule has 2 aromatic heterocycles. The molecule has 1 aliphatic rings. The van der Waals surface area contributed by atoms with E-state index in [4.69, 9.17) is 10.6 Å². The third-order valence-corrected chi connectivity index (χ3v) is 3.24. The lowest BCUT2D eigenvalue weighted by molar-refractivity contribution is 0.185. The molecule has 1 unspecified atom stereocenters. The van der Waals surface area contributed by atoms with Crippen molar-refractivity contribution in [2.75, 3.05) is 30.5 Å². The van der Waals surface area contributed by atoms with E-state index in [-0.39, 0.29) is 5.95 Å². The Bertz CT molecular complexity index is 567. The molecule has 1 aliphatic heterocycles. The van der Waals surface area contributed by atoms with Crippen LogP contribution in [0.15, 0.2) is 12.7 Å². The SMILES string of the molecule is NNc1nc(NCCC2CCOC2)nc(-n2cncn2)n1. The number of hydrogen-bond donors (Lipinski definition) is 3. The van der Waals surface area contributed by atoms with Crippen LogP contribution in [-0.4, -0.2) is 49.5 Å². The van der Waals surface area contributed by atoms with Gasteiger partial charge in [0, 0.05) is 19.8 Å². The zero-order chi connectivity index (χ0) is 14.5. The predicted octanol–water partition coefficient (Wildman–Crippen LogP) is -0.424. The summed E-state index contributed by atoms with van der Waals surface area (Å²) in [5.41, 5.74) is 2.42. The zero-order valence-corrected chi connectivity index (χ0v) is 11.4. The van der Waals surface area contributed by atoms with Crippen molar-refractivity contribution in [3.63, 3.8) is 0 Å². The highest BCUT2D eigenvalue weighted by Gasteiger charge is 2.15. The highest BCUT2D eigenvalue weighted by molar-refractivity contribution is 5.36. The van der Waals surface area contributed by atoms with Crippen molar-refractivity contribution >= 4 is 11.9 Å². The van der Waals surface area contributed by atoms with Crippen molar-refractivity contribution in [1.29, 1.82) is 0 Å². The molecule has 21 heavy (non-hydrogen) atoms. The second-order valence-corrected chi connectivity index (χ2v) is 4.71. The van der Waals surface area contributed by atoms with Gasteiger partial charge in [-0.25, -0.2) is 10.8 Å². The van der Waals surface area contributed by atoms with Crippen LogP contribution in [0.4, 0.5) is 11.9 Å². The van der Waals surface area contributed by atoms with Gasteiger partial charge in [0.25, 0.3) is 5.95 Å². The summed E-state index contributed by atoms with van der Waals surface area (Å²) < 4.78 is 6.79. The number of hydrazine groups is 1. The van der Waals surface area contributed by atoms with E-state index in [0.717, 1.165) is 32.6 Å². The molecule has 2 aromatic rings. The number of rotatable bonds is 6. The summed E-state index contributed by atoms with van der Waals surface area (Å²) >= 11 is 0. The highest BCUT2D eigenvalue weighted by atomic mass is 16.5. The number of nitrogens with two attached hydrogens (primary N) is 1. The molecule has 1 saturated heterocycles. The Morgan fingerprint density at radius 3 is 2.95 bits per heavy atom. The van der Waals surface area contributed by atoms with Crippen LogP contribution in [0.2, 0.25) is 0 Å². The van der Waals surface area contributed by atoms with Crippen LogP contribution in [0, 0.1) is 5.92 Å². The van der Waals surface area contributed by atoms with Gasteiger partial charge in [0.1, 0.15) is 12.7 Å². The van der Waals surface area contributed by atoms with Gasteiger partial charge in [-0.2, -0.15) is 24.7 Å². The normalized spacial score (nSPS) is 17.9. The average Bonchev–Trinajstić information content (AvgIpc) is 3.20. The minimum atomic E-state index is 0.266. The Balaban J connectivity index is 1.67. The van der Waals surface area contributed by atoms with E-state index < -0.39 is 0 Å². The number of nitrogen functional groups attached to an aromatic ring is 1. The molecule has 10 heteroatoms. The van der Waals surface area contributed by atoms with Crippen LogP contribution in [0.1, 0.15) is 12.8 Å². The van der Waals surface area contributed by atoms with Crippen molar-refractivity contribution in [3.8, 4) is 5.95 Å². The van der Waals surface area contributed by atoms with Crippen LogP contribution in [-0.2, 0) is 4.74 Å². The van der Waals surface area contributed by atoms with Crippen molar-refractivity contribution in [3.05, 3.63) is 12.7 Å². The third-order valence-electron chi connectivity index (χ3n) is 3.24. The van der Waals surface area contributed by atoms with Crippen molar-refractivity contribution in [2.24, 2.45) is 11.8 Å². The van der Waals surface area contributed by atoms with Crippen molar-refractivity contribution in [2.45, 2.75) is 12.8 Å². The van der Waals surface area contributed by atoms with Gasteiger partial charge in [0.15, 0.2) is 0 Å². The molecule has 4 N–H and O–H groups in total. The maximum Gasteiger partial charge on any atom is 0.258 e. The number of anilines is 2. The van der Waals surface area contributed by atoms with Gasteiger partial charge < -0.3 is 10.1 Å². The van der Waals surface area contributed by atoms with Crippen LogP contribution < -0.4 is 16.6 Å². The zero-order valence-electron chi connectivity index (χ0n) is 11.4. The topological polar surface area (TPSA) is 129 Å². The molecule has 3 rings (SSSR count). The smallest absolute Gasteiger partial charge is 0.258 e. The molecular weight excluding hydrogens is 274 g/mol. The number of nitrogens with one attached hydrogen (secondary N) is 2. The Morgan fingerprint density at radius 2 is 2.24 bits per heavy atom. The van der Waals surface area contributed by atoms with Crippen LogP contribution in [0.5, 0.6) is 0 Å². The van der Waals surface area contributed by atoms with Crippen LogP contribution in [0.25, 0.3) is 5.95 Å². The molecule has 0 saturated carbocycles. The monoisotopic (exact) mass is 291 g/mol. The number of hydrogen-bond acceptors (Lipinski definition) is 9. The van der Waals surface area contributed by atoms with Gasteiger partial charge in [-0.05, 0) is 18.8 Å². The Kier molecular flexibility index (Phi) is 4.17. The summed E-state index contributed by atoms with van der Waals surface area (Å²) in [7, 11) is 0. The highest BCUT2D eigenvalue weighted by Crippen LogP contribution is 2.16. The fourth-order valence-corrected chi connectivity index (χ4v) is 2.12. The summed E-state index contributed by atoms with van der Waals surface area (Å²) in [5, 5.41) is 7.16. The van der Waals surface area contributed by atoms with Crippen molar-refractivity contribution in [1.82, 2.24) is 29.7 Å². The standard InChI is InChI=1S/C11H17N9O/c12-19-10-16-9(14-3-1-8-2-4-21-5-8)17-11(18-10)20-7-13-6-15-20/h6-8H,1-5,12H2,(H2,14,16,17,18,19). The third kappa shape index (κ3) is 3.41. The summed E-state index contributed by atoms with van der Waals surface area (Å²) in [4.78, 5) is 16.4. The van der Waals surface area contributed by atoms with Gasteiger partial charge in [0.2, 0.25) is 11.9 Å². The van der Waals surface area contributed by atoms with Gasteiger partial charge in [-0.3, -0.25) is 5.43 Å². The first kappa shape index (κ1) is 13.6. The summed E-state index contributed by atoms with van der Waals surface area (Å²) in [6.07, 6.45) is 5.04. The Morgan fingerprint density at radius 1 is 1.33 bits per heavy atom. The van der Waals surface area contributed by atoms with Gasteiger partial charge >= 0.3 is 0 Å². The van der Waals surface area contributed by atoms with E-state index >= 15 is 0 Å². The summed E-state index contributed by atoms with van der Waals surface area (Å²) in [6.45, 7) is 2.45. The van der Waals surface area contributed by atoms with Crippen LogP contribution in [0.3, 0.4) is 0 Å². The van der Waals surface area contributed by atoms with Gasteiger partial charge in [0.05, 0.1) is 0 Å². The molecule has 10 nitrogen and oxygen atoms in total. The molecule has 0 aliphatic carbocycles. The number of aromatic nitrogens is 6. The molecule has 3 heterocycles. The minimum Gasteiger partial charge on any atom is -0.381 e. The maximum absolute atomic E-state index is 5.38. The lowest BCUT2D eigenvalue weighted by atomic mass is 10.1. The minimum absolute atomic E-state index is 0.266. The van der Waals surface area contributed by atoms with E-state index in [1.54, 1.807) is 0 Å². The number of ether oxygens (including phenoxy) is 1. The van der Waals surface area contributed by atoms with Gasteiger partial charge in [-0.15, -0.1) is 0 Å². The maximum atomic E-state index is 5.38. The molecule has 112 valence electrons. The first-order chi connectivity index (χ1) is 10.3. The Hall–Kier alpha value is -2.33. The molecule has 0 spiro atoms. The van der Waals surface area contributed by atoms with E-state index in [0.29, 0.717) is 17.8 Å². The molecular formula is C11H17N9O. The molecule has 0 bridgehead atoms. The summed E-state index contributed by atoms with van der Waals surface area (Å²) in [6, 6.07) is 0. The van der Waals surface area contributed by atoms with E-state index in [1.165, 1.54) is 17.3 Å². The molecule has 1 atom stereocenters. The van der Waals surface area contributed by atoms with E-state index in [9.17, 15) is 0 Å². The first-order valence-corrected chi connectivity index (χ1v) is 6.74. The second-order valence-electron chi connectivity index (χ2n) is 4.71. The summed E-state index contributed by atoms with van der Waals surface area (Å²) in [5.74, 6) is 7.04. The lowest BCUT2D eigenvalue weighted by Gasteiger charge is -2.10. The largest absolute Gasteiger partial charge is 0.381 e. The van der Waals surface area contributed by atoms with E-state index in [2.05, 4.69) is 35.8 Å². The fourth-order valence-electron chi connectivity index (χ4n) is 2.12.